The fourth-order valence-electron chi connectivity index (χ4n) is 2.75. The minimum Gasteiger partial charge on any atom is -0.512 e. The van der Waals surface area contributed by atoms with Crippen LogP contribution in [0.4, 0.5) is 0 Å². The summed E-state index contributed by atoms with van der Waals surface area (Å²) in [7, 11) is 0. The van der Waals surface area contributed by atoms with Crippen molar-refractivity contribution in [3.63, 3.8) is 0 Å². The number of aliphatic hydroxyl groups excluding tert-OH is 1. The summed E-state index contributed by atoms with van der Waals surface area (Å²) in [5.41, 5.74) is 0.962. The topological polar surface area (TPSA) is 49.7 Å². The number of phenolic OH excluding ortho intramolecular Hbond substituents is 1. The third kappa shape index (κ3) is 4.01. The van der Waals surface area contributed by atoms with Gasteiger partial charge in [0.25, 0.3) is 0 Å². The fraction of sp³-hybridized carbons (Fsp3) is 0.529. The number of aryl methyl sites for hydroxylation is 1. The molecule has 0 unspecified atom stereocenters. The van der Waals surface area contributed by atoms with Gasteiger partial charge in [0.1, 0.15) is 5.75 Å². The van der Waals surface area contributed by atoms with E-state index in [2.05, 4.69) is 6.92 Å². The van der Waals surface area contributed by atoms with Gasteiger partial charge >= 0.3 is 0 Å². The van der Waals surface area contributed by atoms with Gasteiger partial charge in [-0.3, -0.25) is 0 Å². The van der Waals surface area contributed by atoms with Gasteiger partial charge in [-0.15, -0.1) is 0 Å². The summed E-state index contributed by atoms with van der Waals surface area (Å²) in [6.45, 7) is 2.68. The number of rotatable bonds is 6. The predicted octanol–water partition coefficient (Wildman–Crippen LogP) is 4.12. The molecule has 0 spiro atoms. The number of unbranched alkanes of at least 4 members (excludes halogenated alkanes) is 1. The van der Waals surface area contributed by atoms with Crippen molar-refractivity contribution in [3.05, 3.63) is 41.7 Å². The molecule has 1 heterocycles. The summed E-state index contributed by atoms with van der Waals surface area (Å²) < 4.78 is 6.00. The first-order valence-electron chi connectivity index (χ1n) is 7.43. The Morgan fingerprint density at radius 3 is 2.55 bits per heavy atom. The molecule has 1 atom stereocenters. The summed E-state index contributed by atoms with van der Waals surface area (Å²) in [4.78, 5) is 0. The van der Waals surface area contributed by atoms with E-state index in [1.165, 1.54) is 5.56 Å². The monoisotopic (exact) mass is 276 g/mol. The highest BCUT2D eigenvalue weighted by Crippen LogP contribution is 2.34. The molecule has 0 radical (unpaired) electrons. The van der Waals surface area contributed by atoms with E-state index >= 15 is 0 Å². The van der Waals surface area contributed by atoms with Crippen molar-refractivity contribution in [2.45, 2.75) is 51.0 Å². The summed E-state index contributed by atoms with van der Waals surface area (Å²) in [5, 5.41) is 19.1. The van der Waals surface area contributed by atoms with Crippen LogP contribution in [-0.2, 0) is 11.2 Å². The lowest BCUT2D eigenvalue weighted by Crippen LogP contribution is -2.36. The molecule has 20 heavy (non-hydrogen) atoms. The SMILES string of the molecule is CCCC[C@]1(CCc2ccc(O)cc2)CC(O)=CCO1. The Kier molecular flexibility index (Phi) is 5.07. The van der Waals surface area contributed by atoms with Crippen LogP contribution in [-0.4, -0.2) is 22.4 Å². The van der Waals surface area contributed by atoms with Gasteiger partial charge in [0.2, 0.25) is 0 Å². The quantitative estimate of drug-likeness (QED) is 0.822. The Balaban J connectivity index is 2.00. The highest BCUT2D eigenvalue weighted by molar-refractivity contribution is 5.26. The van der Waals surface area contributed by atoms with Gasteiger partial charge in [-0.05, 0) is 43.0 Å². The summed E-state index contributed by atoms with van der Waals surface area (Å²) in [6, 6.07) is 7.32. The van der Waals surface area contributed by atoms with Gasteiger partial charge in [-0.1, -0.05) is 31.9 Å². The molecule has 2 N–H and O–H groups in total. The average Bonchev–Trinajstić information content (AvgIpc) is 2.45. The molecule has 0 saturated heterocycles. The minimum absolute atomic E-state index is 0.229. The number of benzene rings is 1. The molecule has 1 aromatic rings. The average molecular weight is 276 g/mol. The van der Waals surface area contributed by atoms with E-state index in [4.69, 9.17) is 4.74 Å². The predicted molar refractivity (Wildman–Crippen MR) is 80.0 cm³/mol. The van der Waals surface area contributed by atoms with Gasteiger partial charge in [0.15, 0.2) is 0 Å². The second kappa shape index (κ2) is 6.80. The van der Waals surface area contributed by atoms with Crippen LogP contribution in [0.25, 0.3) is 0 Å². The molecular weight excluding hydrogens is 252 g/mol. The van der Waals surface area contributed by atoms with Gasteiger partial charge in [-0.25, -0.2) is 0 Å². The first-order chi connectivity index (χ1) is 9.63. The van der Waals surface area contributed by atoms with E-state index in [1.54, 1.807) is 18.2 Å². The van der Waals surface area contributed by atoms with Crippen molar-refractivity contribution in [3.8, 4) is 5.75 Å². The Bertz CT molecular complexity index is 450. The van der Waals surface area contributed by atoms with Crippen molar-refractivity contribution in [1.29, 1.82) is 0 Å². The molecule has 0 bridgehead atoms. The highest BCUT2D eigenvalue weighted by Gasteiger charge is 2.33. The number of aromatic hydroxyl groups is 1. The first-order valence-corrected chi connectivity index (χ1v) is 7.43. The summed E-state index contributed by atoms with van der Waals surface area (Å²) in [6.07, 6.45) is 7.40. The van der Waals surface area contributed by atoms with Crippen LogP contribution in [0.15, 0.2) is 36.1 Å². The lowest BCUT2D eigenvalue weighted by Gasteiger charge is -2.36. The maximum Gasteiger partial charge on any atom is 0.115 e. The van der Waals surface area contributed by atoms with Crippen molar-refractivity contribution in [2.24, 2.45) is 0 Å². The standard InChI is InChI=1S/C17H24O3/c1-2-3-10-17(13-16(19)9-12-20-17)11-8-14-4-6-15(18)7-5-14/h4-7,9,18-19H,2-3,8,10-13H2,1H3/t17-/m0/s1. The molecule has 0 fully saturated rings. The summed E-state index contributed by atoms with van der Waals surface area (Å²) >= 11 is 0. The van der Waals surface area contributed by atoms with E-state index in [9.17, 15) is 10.2 Å². The molecule has 1 aliphatic rings. The largest absolute Gasteiger partial charge is 0.512 e. The first kappa shape index (κ1) is 14.9. The number of hydrogen-bond donors (Lipinski definition) is 2. The van der Waals surface area contributed by atoms with Gasteiger partial charge in [0, 0.05) is 6.42 Å². The van der Waals surface area contributed by atoms with Crippen molar-refractivity contribution in [1.82, 2.24) is 0 Å². The zero-order chi connectivity index (χ0) is 14.4. The zero-order valence-electron chi connectivity index (χ0n) is 12.1. The third-order valence-corrected chi connectivity index (χ3v) is 4.00. The number of hydrogen-bond acceptors (Lipinski definition) is 3. The fourth-order valence-corrected chi connectivity index (χ4v) is 2.75. The molecule has 0 aromatic heterocycles. The zero-order valence-corrected chi connectivity index (χ0v) is 12.1. The Hall–Kier alpha value is -1.48. The molecule has 1 aromatic carbocycles. The normalized spacial score (nSPS) is 22.6. The van der Waals surface area contributed by atoms with Crippen LogP contribution < -0.4 is 0 Å². The number of aliphatic hydroxyl groups is 1. The van der Waals surface area contributed by atoms with Crippen molar-refractivity contribution in [2.75, 3.05) is 6.61 Å². The number of phenols is 1. The van der Waals surface area contributed by atoms with Gasteiger partial charge in [-0.2, -0.15) is 0 Å². The second-order valence-electron chi connectivity index (χ2n) is 5.64. The third-order valence-electron chi connectivity index (χ3n) is 4.00. The highest BCUT2D eigenvalue weighted by atomic mass is 16.5. The van der Waals surface area contributed by atoms with Crippen LogP contribution in [0.5, 0.6) is 5.75 Å². The molecule has 3 heteroatoms. The molecular formula is C17H24O3. The van der Waals surface area contributed by atoms with Crippen LogP contribution >= 0.6 is 0 Å². The second-order valence-corrected chi connectivity index (χ2v) is 5.64. The van der Waals surface area contributed by atoms with Gasteiger partial charge in [0.05, 0.1) is 18.0 Å². The van der Waals surface area contributed by atoms with E-state index < -0.39 is 0 Å². The maximum atomic E-state index is 9.83. The molecule has 3 nitrogen and oxygen atoms in total. The van der Waals surface area contributed by atoms with Crippen LogP contribution in [0.3, 0.4) is 0 Å². The molecule has 0 amide bonds. The Labute approximate surface area is 120 Å². The molecule has 1 aliphatic heterocycles. The smallest absolute Gasteiger partial charge is 0.115 e. The van der Waals surface area contributed by atoms with E-state index in [1.807, 2.05) is 12.1 Å². The lowest BCUT2D eigenvalue weighted by atomic mass is 9.85. The minimum atomic E-state index is -0.229. The molecule has 110 valence electrons. The lowest BCUT2D eigenvalue weighted by molar-refractivity contribution is -0.0619. The molecule has 2 rings (SSSR count). The summed E-state index contributed by atoms with van der Waals surface area (Å²) in [5.74, 6) is 0.752. The molecule has 0 saturated carbocycles. The van der Waals surface area contributed by atoms with Crippen LogP contribution in [0.1, 0.15) is 44.6 Å². The van der Waals surface area contributed by atoms with E-state index in [0.717, 1.165) is 32.1 Å². The van der Waals surface area contributed by atoms with Crippen LogP contribution in [0.2, 0.25) is 0 Å². The number of ether oxygens (including phenoxy) is 1. The maximum absolute atomic E-state index is 9.83. The van der Waals surface area contributed by atoms with Gasteiger partial charge < -0.3 is 14.9 Å². The van der Waals surface area contributed by atoms with Crippen molar-refractivity contribution < 1.29 is 14.9 Å². The van der Waals surface area contributed by atoms with E-state index in [-0.39, 0.29) is 5.60 Å². The molecule has 0 aliphatic carbocycles. The van der Waals surface area contributed by atoms with E-state index in [0.29, 0.717) is 24.5 Å². The van der Waals surface area contributed by atoms with Crippen LogP contribution in [0, 0.1) is 0 Å². The Morgan fingerprint density at radius 2 is 1.90 bits per heavy atom. The Morgan fingerprint density at radius 1 is 1.15 bits per heavy atom. The van der Waals surface area contributed by atoms with Crippen molar-refractivity contribution >= 4 is 0 Å².